The number of allylic oxidation sites excluding steroid dienone is 1. The second kappa shape index (κ2) is 8.31. The standard InChI is InChI=1S/C28H26FN5O3/c29-18-9-17-2-1-3-21(17)22(10-18)26-31-24-23-8-16(13-34-14-20-11-19(34)15-36-20)12-30-28(23)37-25(24)27(32-26)33-4-6-35-7-5-33/h1,3,8-10,12,19-20H,2,4-7,11,13-15H2/t19-,20-/m0/s1. The molecule has 0 amide bonds. The predicted molar refractivity (Wildman–Crippen MR) is 137 cm³/mol. The van der Waals surface area contributed by atoms with E-state index < -0.39 is 0 Å². The Bertz CT molecular complexity index is 1580. The number of halogens is 1. The summed E-state index contributed by atoms with van der Waals surface area (Å²) in [5.41, 5.74) is 5.61. The summed E-state index contributed by atoms with van der Waals surface area (Å²) in [5, 5.41) is 0.856. The van der Waals surface area contributed by atoms with Gasteiger partial charge in [-0.2, -0.15) is 0 Å². The average molecular weight is 500 g/mol. The van der Waals surface area contributed by atoms with Crippen molar-refractivity contribution >= 4 is 34.1 Å². The van der Waals surface area contributed by atoms with Gasteiger partial charge >= 0.3 is 0 Å². The van der Waals surface area contributed by atoms with Crippen LogP contribution in [0.3, 0.4) is 0 Å². The fourth-order valence-corrected chi connectivity index (χ4v) is 6.19. The molecule has 2 bridgehead atoms. The molecule has 3 saturated heterocycles. The van der Waals surface area contributed by atoms with E-state index in [-0.39, 0.29) is 5.82 Å². The number of morpholine rings is 2. The summed E-state index contributed by atoms with van der Waals surface area (Å²) in [5.74, 6) is 0.925. The molecule has 3 aromatic heterocycles. The monoisotopic (exact) mass is 499 g/mol. The van der Waals surface area contributed by atoms with Crippen molar-refractivity contribution in [2.24, 2.45) is 0 Å². The second-order valence-corrected chi connectivity index (χ2v) is 10.4. The smallest absolute Gasteiger partial charge is 0.229 e. The van der Waals surface area contributed by atoms with Crippen LogP contribution in [0, 0.1) is 5.82 Å². The van der Waals surface area contributed by atoms with E-state index in [1.807, 2.05) is 12.3 Å². The number of pyridine rings is 1. The molecule has 37 heavy (non-hydrogen) atoms. The molecule has 188 valence electrons. The van der Waals surface area contributed by atoms with Gasteiger partial charge in [0.1, 0.15) is 11.3 Å². The molecule has 3 fully saturated rings. The number of furan rings is 1. The lowest BCUT2D eigenvalue weighted by molar-refractivity contribution is 0.0273. The number of hydrogen-bond acceptors (Lipinski definition) is 8. The predicted octanol–water partition coefficient (Wildman–Crippen LogP) is 3.96. The van der Waals surface area contributed by atoms with Crippen molar-refractivity contribution in [1.29, 1.82) is 0 Å². The summed E-state index contributed by atoms with van der Waals surface area (Å²) in [7, 11) is 0. The Hall–Kier alpha value is -3.40. The van der Waals surface area contributed by atoms with Gasteiger partial charge in [-0.1, -0.05) is 12.2 Å². The maximum Gasteiger partial charge on any atom is 0.229 e. The van der Waals surface area contributed by atoms with Gasteiger partial charge in [0.15, 0.2) is 17.2 Å². The molecule has 4 aromatic rings. The Balaban J connectivity index is 1.29. The molecule has 0 spiro atoms. The highest BCUT2D eigenvalue weighted by Gasteiger charge is 2.38. The van der Waals surface area contributed by atoms with Crippen molar-refractivity contribution in [2.45, 2.75) is 31.5 Å². The maximum absolute atomic E-state index is 14.6. The number of rotatable bonds is 4. The molecule has 4 aliphatic rings. The third-order valence-corrected chi connectivity index (χ3v) is 8.01. The Morgan fingerprint density at radius 2 is 2.03 bits per heavy atom. The number of ether oxygens (including phenoxy) is 2. The number of fused-ring (bicyclic) bond motifs is 6. The van der Waals surface area contributed by atoms with Crippen molar-refractivity contribution in [3.8, 4) is 11.4 Å². The van der Waals surface area contributed by atoms with E-state index in [0.29, 0.717) is 78.9 Å². The van der Waals surface area contributed by atoms with Gasteiger partial charge in [-0.15, -0.1) is 0 Å². The summed E-state index contributed by atoms with van der Waals surface area (Å²) in [6, 6.07) is 5.75. The fraction of sp³-hybridized carbons (Fsp3) is 0.393. The first-order chi connectivity index (χ1) is 18.2. The van der Waals surface area contributed by atoms with E-state index in [9.17, 15) is 4.39 Å². The normalized spacial score (nSPS) is 23.1. The van der Waals surface area contributed by atoms with E-state index in [1.54, 1.807) is 6.07 Å². The quantitative estimate of drug-likeness (QED) is 0.418. The zero-order valence-electron chi connectivity index (χ0n) is 20.3. The molecule has 1 aromatic carbocycles. The molecule has 0 N–H and O–H groups in total. The van der Waals surface area contributed by atoms with Crippen LogP contribution in [0.1, 0.15) is 23.1 Å². The Labute approximate surface area is 212 Å². The SMILES string of the molecule is Fc1cc2c(c(-c3nc(N4CCOCC4)c4oc5ncc(CN6C[C@@H]7C[C@H]6CO7)cc5c4n3)c1)C=CC2. The Morgan fingerprint density at radius 3 is 2.86 bits per heavy atom. The topological polar surface area (TPSA) is 76.8 Å². The number of anilines is 1. The summed E-state index contributed by atoms with van der Waals surface area (Å²) in [4.78, 5) is 19.3. The van der Waals surface area contributed by atoms with Crippen molar-refractivity contribution < 1.29 is 18.3 Å². The summed E-state index contributed by atoms with van der Waals surface area (Å²) < 4.78 is 32.3. The largest absolute Gasteiger partial charge is 0.432 e. The van der Waals surface area contributed by atoms with Crippen LogP contribution in [0.5, 0.6) is 0 Å². The minimum Gasteiger partial charge on any atom is -0.432 e. The lowest BCUT2D eigenvalue weighted by Crippen LogP contribution is -2.37. The third kappa shape index (κ3) is 3.56. The zero-order valence-corrected chi connectivity index (χ0v) is 20.3. The zero-order chi connectivity index (χ0) is 24.5. The number of hydrogen-bond donors (Lipinski definition) is 0. The van der Waals surface area contributed by atoms with Crippen molar-refractivity contribution in [3.63, 3.8) is 0 Å². The van der Waals surface area contributed by atoms with Crippen LogP contribution in [-0.2, 0) is 22.4 Å². The highest BCUT2D eigenvalue weighted by atomic mass is 19.1. The molecule has 1 aliphatic carbocycles. The van der Waals surface area contributed by atoms with Gasteiger partial charge < -0.3 is 18.8 Å². The molecular weight excluding hydrogens is 473 g/mol. The van der Waals surface area contributed by atoms with E-state index in [0.717, 1.165) is 48.2 Å². The van der Waals surface area contributed by atoms with Gasteiger partial charge in [-0.05, 0) is 47.7 Å². The van der Waals surface area contributed by atoms with Crippen LogP contribution < -0.4 is 4.90 Å². The third-order valence-electron chi connectivity index (χ3n) is 8.01. The van der Waals surface area contributed by atoms with Crippen LogP contribution >= 0.6 is 0 Å². The minimum absolute atomic E-state index is 0.279. The number of aromatic nitrogens is 3. The van der Waals surface area contributed by atoms with Gasteiger partial charge in [0.25, 0.3) is 0 Å². The Morgan fingerprint density at radius 1 is 1.11 bits per heavy atom. The van der Waals surface area contributed by atoms with Gasteiger partial charge in [-0.3, -0.25) is 4.90 Å². The average Bonchev–Trinajstić information content (AvgIpc) is 3.72. The van der Waals surface area contributed by atoms with Crippen LogP contribution in [0.2, 0.25) is 0 Å². The fourth-order valence-electron chi connectivity index (χ4n) is 6.19. The maximum atomic E-state index is 14.6. The molecule has 0 radical (unpaired) electrons. The molecule has 8 rings (SSSR count). The molecule has 8 nitrogen and oxygen atoms in total. The highest BCUT2D eigenvalue weighted by molar-refractivity contribution is 6.05. The molecule has 6 heterocycles. The van der Waals surface area contributed by atoms with Crippen molar-refractivity contribution in [2.75, 3.05) is 44.4 Å². The van der Waals surface area contributed by atoms with E-state index >= 15 is 0 Å². The number of benzene rings is 1. The molecule has 2 atom stereocenters. The summed E-state index contributed by atoms with van der Waals surface area (Å²) >= 11 is 0. The van der Waals surface area contributed by atoms with E-state index in [4.69, 9.17) is 23.9 Å². The minimum atomic E-state index is -0.279. The summed E-state index contributed by atoms with van der Waals surface area (Å²) in [6.45, 7) is 5.20. The lowest BCUT2D eigenvalue weighted by atomic mass is 10.0. The Kier molecular flexibility index (Phi) is 4.86. The first kappa shape index (κ1) is 21.7. The molecule has 0 saturated carbocycles. The lowest BCUT2D eigenvalue weighted by Gasteiger charge is -2.28. The van der Waals surface area contributed by atoms with Crippen LogP contribution in [-0.4, -0.2) is 71.5 Å². The van der Waals surface area contributed by atoms with Crippen LogP contribution in [0.15, 0.2) is 34.9 Å². The molecule has 3 aliphatic heterocycles. The van der Waals surface area contributed by atoms with Crippen LogP contribution in [0.4, 0.5) is 10.2 Å². The van der Waals surface area contributed by atoms with Gasteiger partial charge in [0, 0.05) is 44.0 Å². The van der Waals surface area contributed by atoms with Crippen molar-refractivity contribution in [3.05, 3.63) is 53.0 Å². The summed E-state index contributed by atoms with van der Waals surface area (Å²) in [6.07, 6.45) is 8.15. The second-order valence-electron chi connectivity index (χ2n) is 10.4. The van der Waals surface area contributed by atoms with E-state index in [1.165, 1.54) is 6.07 Å². The first-order valence-corrected chi connectivity index (χ1v) is 13.0. The van der Waals surface area contributed by atoms with Gasteiger partial charge in [0.2, 0.25) is 5.71 Å². The molecular formula is C28H26FN5O3. The van der Waals surface area contributed by atoms with E-state index in [2.05, 4.69) is 26.9 Å². The molecule has 9 heteroatoms. The molecule has 0 unspecified atom stereocenters. The van der Waals surface area contributed by atoms with Crippen LogP contribution in [0.25, 0.3) is 39.7 Å². The highest BCUT2D eigenvalue weighted by Crippen LogP contribution is 2.38. The van der Waals surface area contributed by atoms with Gasteiger partial charge in [0.05, 0.1) is 31.3 Å². The number of likely N-dealkylation sites (tertiary alicyclic amines) is 1. The van der Waals surface area contributed by atoms with Crippen molar-refractivity contribution in [1.82, 2.24) is 19.9 Å². The first-order valence-electron chi connectivity index (χ1n) is 13.0. The van der Waals surface area contributed by atoms with Gasteiger partial charge in [-0.25, -0.2) is 19.3 Å². The number of nitrogens with zero attached hydrogens (tertiary/aromatic N) is 5.